The number of rotatable bonds is 11. The summed E-state index contributed by atoms with van der Waals surface area (Å²) in [7, 11) is -2.22. The van der Waals surface area contributed by atoms with Crippen LogP contribution in [0.15, 0.2) is 36.5 Å². The first-order chi connectivity index (χ1) is 21.4. The van der Waals surface area contributed by atoms with Crippen molar-refractivity contribution in [1.29, 1.82) is 0 Å². The Bertz CT molecular complexity index is 1540. The maximum atomic E-state index is 13.6. The molecule has 1 fully saturated rings. The quantitative estimate of drug-likeness (QED) is 0.212. The lowest BCUT2D eigenvalue weighted by Gasteiger charge is -2.30. The third-order valence-electron chi connectivity index (χ3n) is 7.68. The SMILES string of the molecule is Cc1nn(COP(=O)(OC(C)(C)C)OC(C)(C)C)c(C)c1-c1ccc(NC(=O)C(NC(=O)c2ccnn2C)C2CCCCC2)cc1. The molecule has 2 heterocycles. The van der Waals surface area contributed by atoms with Gasteiger partial charge in [0, 0.05) is 30.2 Å². The van der Waals surface area contributed by atoms with E-state index < -0.39 is 25.1 Å². The van der Waals surface area contributed by atoms with E-state index in [1.165, 1.54) is 4.68 Å². The first kappa shape index (κ1) is 35.5. The Balaban J connectivity index is 1.48. The molecule has 46 heavy (non-hydrogen) atoms. The number of carbonyl (C=O) groups excluding carboxylic acids is 2. The molecule has 1 saturated carbocycles. The van der Waals surface area contributed by atoms with Crippen molar-refractivity contribution >= 4 is 25.3 Å². The molecule has 1 unspecified atom stereocenters. The lowest BCUT2D eigenvalue weighted by Crippen LogP contribution is -2.49. The molecule has 4 rings (SSSR count). The van der Waals surface area contributed by atoms with Crippen molar-refractivity contribution in [2.75, 3.05) is 5.32 Å². The van der Waals surface area contributed by atoms with E-state index in [9.17, 15) is 14.2 Å². The standard InChI is InChI=1S/C33H49N6O6P/c1-22-28(23(2)39(37-22)21-43-46(42,44-32(3,4)5)45-33(6,7)8)24-15-17-26(18-16-24)35-31(41)29(25-13-11-10-12-14-25)36-30(40)27-19-20-34-38(27)9/h15-20,25,29H,10-14,21H2,1-9H3,(H,35,41)(H,36,40). The molecule has 1 aromatic carbocycles. The number of carbonyl (C=O) groups is 2. The van der Waals surface area contributed by atoms with Gasteiger partial charge in [0.15, 0.2) is 6.73 Å². The highest BCUT2D eigenvalue weighted by Crippen LogP contribution is 2.55. The fourth-order valence-electron chi connectivity index (χ4n) is 5.72. The smallest absolute Gasteiger partial charge is 0.339 e. The van der Waals surface area contributed by atoms with Gasteiger partial charge in [-0.25, -0.2) is 9.25 Å². The summed E-state index contributed by atoms with van der Waals surface area (Å²) in [5, 5.41) is 14.7. The van der Waals surface area contributed by atoms with Gasteiger partial charge in [-0.1, -0.05) is 31.4 Å². The van der Waals surface area contributed by atoms with E-state index in [1.54, 1.807) is 65.5 Å². The highest BCUT2D eigenvalue weighted by molar-refractivity contribution is 7.48. The van der Waals surface area contributed by atoms with Crippen LogP contribution in [0.2, 0.25) is 0 Å². The number of anilines is 1. The zero-order chi connectivity index (χ0) is 33.9. The Kier molecular flexibility index (Phi) is 11.0. The fraction of sp³-hybridized carbons (Fsp3) is 0.576. The third-order valence-corrected chi connectivity index (χ3v) is 9.65. The van der Waals surface area contributed by atoms with E-state index in [4.69, 9.17) is 13.6 Å². The number of aryl methyl sites for hydroxylation is 2. The summed E-state index contributed by atoms with van der Waals surface area (Å²) >= 11 is 0. The molecular formula is C33H49N6O6P. The number of phosphoric acid groups is 1. The van der Waals surface area contributed by atoms with E-state index in [1.807, 2.05) is 38.1 Å². The highest BCUT2D eigenvalue weighted by Gasteiger charge is 2.38. The Labute approximate surface area is 272 Å². The predicted molar refractivity (Wildman–Crippen MR) is 177 cm³/mol. The molecule has 0 bridgehead atoms. The molecule has 0 radical (unpaired) electrons. The topological polar surface area (TPSA) is 139 Å². The van der Waals surface area contributed by atoms with E-state index in [2.05, 4.69) is 20.8 Å². The van der Waals surface area contributed by atoms with Gasteiger partial charge < -0.3 is 10.6 Å². The van der Waals surface area contributed by atoms with Gasteiger partial charge in [0.1, 0.15) is 11.7 Å². The van der Waals surface area contributed by atoms with Crippen LogP contribution in [0.4, 0.5) is 5.69 Å². The molecule has 0 saturated heterocycles. The van der Waals surface area contributed by atoms with Crippen molar-refractivity contribution in [3.8, 4) is 11.1 Å². The maximum absolute atomic E-state index is 13.6. The van der Waals surface area contributed by atoms with Crippen molar-refractivity contribution in [1.82, 2.24) is 24.9 Å². The number of nitrogens with zero attached hydrogens (tertiary/aromatic N) is 4. The number of hydrogen-bond donors (Lipinski definition) is 2. The molecule has 2 aromatic heterocycles. The highest BCUT2D eigenvalue weighted by atomic mass is 31.2. The Hall–Kier alpha value is -3.31. The molecular weight excluding hydrogens is 607 g/mol. The maximum Gasteiger partial charge on any atom is 0.477 e. The average Bonchev–Trinajstić information content (AvgIpc) is 3.51. The minimum atomic E-state index is -3.92. The van der Waals surface area contributed by atoms with E-state index in [-0.39, 0.29) is 24.5 Å². The van der Waals surface area contributed by atoms with Crippen LogP contribution in [0, 0.1) is 19.8 Å². The van der Waals surface area contributed by atoms with Crippen LogP contribution in [0.1, 0.15) is 95.5 Å². The van der Waals surface area contributed by atoms with Crippen LogP contribution in [0.3, 0.4) is 0 Å². The molecule has 0 aliphatic heterocycles. The number of benzene rings is 1. The van der Waals surface area contributed by atoms with Crippen molar-refractivity contribution < 1.29 is 27.7 Å². The van der Waals surface area contributed by atoms with Gasteiger partial charge in [0.2, 0.25) is 5.91 Å². The van der Waals surface area contributed by atoms with E-state index >= 15 is 0 Å². The van der Waals surface area contributed by atoms with Gasteiger partial charge >= 0.3 is 7.82 Å². The molecule has 0 spiro atoms. The summed E-state index contributed by atoms with van der Waals surface area (Å²) < 4.78 is 33.9. The van der Waals surface area contributed by atoms with Crippen LogP contribution < -0.4 is 10.6 Å². The Morgan fingerprint density at radius 1 is 0.978 bits per heavy atom. The number of phosphoric ester groups is 1. The average molecular weight is 657 g/mol. The minimum absolute atomic E-state index is 0.0569. The molecule has 13 heteroatoms. The molecule has 1 aliphatic carbocycles. The number of amides is 2. The van der Waals surface area contributed by atoms with Crippen molar-refractivity contribution in [3.63, 3.8) is 0 Å². The lowest BCUT2D eigenvalue weighted by atomic mass is 9.83. The summed E-state index contributed by atoms with van der Waals surface area (Å²) in [5.41, 5.74) is 2.88. The van der Waals surface area contributed by atoms with Gasteiger partial charge in [-0.2, -0.15) is 10.2 Å². The summed E-state index contributed by atoms with van der Waals surface area (Å²) in [6.45, 7) is 14.4. The second-order valence-electron chi connectivity index (χ2n) is 13.9. The predicted octanol–water partition coefficient (Wildman–Crippen LogP) is 6.93. The minimum Gasteiger partial charge on any atom is -0.339 e. The second-order valence-corrected chi connectivity index (χ2v) is 15.4. The first-order valence-corrected chi connectivity index (χ1v) is 17.3. The number of hydrogen-bond acceptors (Lipinski definition) is 8. The van der Waals surface area contributed by atoms with Crippen LogP contribution in [0.25, 0.3) is 11.1 Å². The lowest BCUT2D eigenvalue weighted by molar-refractivity contribution is -0.119. The zero-order valence-corrected chi connectivity index (χ0v) is 29.4. The Morgan fingerprint density at radius 2 is 1.59 bits per heavy atom. The normalized spacial score (nSPS) is 15.5. The first-order valence-electron chi connectivity index (χ1n) is 15.8. The van der Waals surface area contributed by atoms with E-state index in [0.29, 0.717) is 11.4 Å². The fourth-order valence-corrected chi connectivity index (χ4v) is 7.46. The van der Waals surface area contributed by atoms with Crippen molar-refractivity contribution in [2.24, 2.45) is 13.0 Å². The molecule has 3 aromatic rings. The van der Waals surface area contributed by atoms with E-state index in [0.717, 1.165) is 54.6 Å². The summed E-state index contributed by atoms with van der Waals surface area (Å²) in [4.78, 5) is 26.6. The molecule has 2 N–H and O–H groups in total. The van der Waals surface area contributed by atoms with Crippen LogP contribution in [-0.2, 0) is 36.7 Å². The van der Waals surface area contributed by atoms with Crippen LogP contribution >= 0.6 is 7.82 Å². The second kappa shape index (κ2) is 14.2. The van der Waals surface area contributed by atoms with Gasteiger partial charge in [0.05, 0.1) is 16.9 Å². The molecule has 2 amide bonds. The third kappa shape index (κ3) is 9.37. The van der Waals surface area contributed by atoms with Crippen LogP contribution in [-0.4, -0.2) is 48.6 Å². The molecule has 252 valence electrons. The van der Waals surface area contributed by atoms with Crippen LogP contribution in [0.5, 0.6) is 0 Å². The zero-order valence-electron chi connectivity index (χ0n) is 28.5. The monoisotopic (exact) mass is 656 g/mol. The van der Waals surface area contributed by atoms with Gasteiger partial charge in [-0.05, 0) is 97.9 Å². The summed E-state index contributed by atoms with van der Waals surface area (Å²) in [6, 6.07) is 8.48. The molecule has 12 nitrogen and oxygen atoms in total. The molecule has 1 aliphatic rings. The van der Waals surface area contributed by atoms with Gasteiger partial charge in [-0.15, -0.1) is 0 Å². The number of nitrogens with one attached hydrogen (secondary N) is 2. The largest absolute Gasteiger partial charge is 0.477 e. The number of aromatic nitrogens is 4. The molecule has 1 atom stereocenters. The Morgan fingerprint density at radius 3 is 2.13 bits per heavy atom. The summed E-state index contributed by atoms with van der Waals surface area (Å²) in [6.07, 6.45) is 6.54. The summed E-state index contributed by atoms with van der Waals surface area (Å²) in [5.74, 6) is -0.507. The van der Waals surface area contributed by atoms with Gasteiger partial charge in [-0.3, -0.25) is 27.8 Å². The van der Waals surface area contributed by atoms with Crippen molar-refractivity contribution in [3.05, 3.63) is 53.6 Å². The van der Waals surface area contributed by atoms with Crippen molar-refractivity contribution in [2.45, 2.75) is 111 Å². The van der Waals surface area contributed by atoms with Gasteiger partial charge in [0.25, 0.3) is 5.91 Å².